The Morgan fingerprint density at radius 1 is 1.33 bits per heavy atom. The minimum Gasteiger partial charge on any atom is -0.289 e. The second-order valence-corrected chi connectivity index (χ2v) is 4.87. The van der Waals surface area contributed by atoms with Crippen LogP contribution in [-0.2, 0) is 6.18 Å². The van der Waals surface area contributed by atoms with Gasteiger partial charge in [-0.15, -0.1) is 5.10 Å². The molecule has 124 valence electrons. The third kappa shape index (κ3) is 2.83. The number of anilines is 1. The van der Waals surface area contributed by atoms with Crippen LogP contribution in [0.15, 0.2) is 29.3 Å². The van der Waals surface area contributed by atoms with E-state index in [4.69, 9.17) is 0 Å². The lowest BCUT2D eigenvalue weighted by molar-refractivity contribution is -0.144. The molecule has 0 aliphatic heterocycles. The van der Waals surface area contributed by atoms with E-state index >= 15 is 0 Å². The smallest absolute Gasteiger partial charge is 0.289 e. The molecule has 11 heteroatoms. The molecular formula is C13H9F3N6O2. The summed E-state index contributed by atoms with van der Waals surface area (Å²) in [5.74, 6) is -2.92. The van der Waals surface area contributed by atoms with Crippen LogP contribution in [0.4, 0.5) is 19.1 Å². The quantitative estimate of drug-likeness (QED) is 0.735. The lowest BCUT2D eigenvalue weighted by Gasteiger charge is -2.04. The minimum absolute atomic E-state index is 0.333. The molecule has 3 heterocycles. The number of hydrogen-bond donors (Lipinski definition) is 2. The van der Waals surface area contributed by atoms with Gasteiger partial charge < -0.3 is 0 Å². The largest absolute Gasteiger partial charge is 0.451 e. The number of nitrogens with one attached hydrogen (secondary N) is 2. The molecular weight excluding hydrogens is 329 g/mol. The maximum absolute atomic E-state index is 12.4. The van der Waals surface area contributed by atoms with E-state index in [-0.39, 0.29) is 5.56 Å². The normalized spacial score (nSPS) is 11.7. The van der Waals surface area contributed by atoms with Crippen LogP contribution in [0.3, 0.4) is 0 Å². The number of amides is 1. The van der Waals surface area contributed by atoms with Crippen LogP contribution in [0, 0.1) is 6.92 Å². The molecule has 0 atom stereocenters. The fraction of sp³-hybridized carbons (Fsp3) is 0.154. The maximum atomic E-state index is 12.4. The van der Waals surface area contributed by atoms with Crippen molar-refractivity contribution in [2.24, 2.45) is 0 Å². The van der Waals surface area contributed by atoms with Crippen LogP contribution in [-0.4, -0.2) is 30.5 Å². The van der Waals surface area contributed by atoms with Crippen LogP contribution < -0.4 is 10.9 Å². The van der Waals surface area contributed by atoms with Crippen molar-refractivity contribution in [3.05, 3.63) is 51.8 Å². The maximum Gasteiger partial charge on any atom is 0.451 e. The van der Waals surface area contributed by atoms with Crippen LogP contribution in [0.5, 0.6) is 0 Å². The molecule has 0 radical (unpaired) electrons. The number of alkyl halides is 3. The van der Waals surface area contributed by atoms with Crippen molar-refractivity contribution in [1.29, 1.82) is 0 Å². The van der Waals surface area contributed by atoms with Gasteiger partial charge in [0.05, 0.1) is 0 Å². The van der Waals surface area contributed by atoms with Crippen molar-refractivity contribution in [1.82, 2.24) is 24.6 Å². The average Bonchev–Trinajstić information content (AvgIpc) is 2.97. The third-order valence-electron chi connectivity index (χ3n) is 3.07. The predicted molar refractivity (Wildman–Crippen MR) is 75.5 cm³/mol. The van der Waals surface area contributed by atoms with Gasteiger partial charge in [-0.1, -0.05) is 6.07 Å². The van der Waals surface area contributed by atoms with Crippen molar-refractivity contribution < 1.29 is 18.0 Å². The molecule has 0 aliphatic carbocycles. The molecule has 3 rings (SSSR count). The fourth-order valence-corrected chi connectivity index (χ4v) is 1.95. The Labute approximate surface area is 131 Å². The Bertz CT molecular complexity index is 991. The van der Waals surface area contributed by atoms with Gasteiger partial charge in [-0.2, -0.15) is 18.2 Å². The van der Waals surface area contributed by atoms with E-state index in [0.717, 1.165) is 11.8 Å². The molecule has 3 aromatic rings. The number of rotatable bonds is 2. The molecule has 0 bridgehead atoms. The van der Waals surface area contributed by atoms with Gasteiger partial charge in [0.1, 0.15) is 11.2 Å². The molecule has 0 aliphatic rings. The van der Waals surface area contributed by atoms with Gasteiger partial charge in [0, 0.05) is 12.4 Å². The Morgan fingerprint density at radius 3 is 2.75 bits per heavy atom. The summed E-state index contributed by atoms with van der Waals surface area (Å²) in [5.41, 5.74) is 0.0939. The first kappa shape index (κ1) is 15.6. The summed E-state index contributed by atoms with van der Waals surface area (Å²) in [4.78, 5) is 31.5. The van der Waals surface area contributed by atoms with Crippen LogP contribution >= 0.6 is 0 Å². The fourth-order valence-electron chi connectivity index (χ4n) is 1.95. The van der Waals surface area contributed by atoms with E-state index in [1.54, 1.807) is 24.2 Å². The number of aryl methyl sites for hydroxylation is 1. The number of H-pyrrole nitrogens is 1. The summed E-state index contributed by atoms with van der Waals surface area (Å²) >= 11 is 0. The molecule has 0 aromatic carbocycles. The number of halogens is 3. The van der Waals surface area contributed by atoms with Gasteiger partial charge in [-0.3, -0.25) is 24.4 Å². The van der Waals surface area contributed by atoms with E-state index in [1.165, 1.54) is 10.6 Å². The Kier molecular flexibility index (Phi) is 3.55. The van der Waals surface area contributed by atoms with Gasteiger partial charge in [-0.25, -0.2) is 4.98 Å². The zero-order chi connectivity index (χ0) is 17.5. The summed E-state index contributed by atoms with van der Waals surface area (Å²) in [5, 5.41) is 6.92. The van der Waals surface area contributed by atoms with Crippen molar-refractivity contribution >= 4 is 17.5 Å². The summed E-state index contributed by atoms with van der Waals surface area (Å²) in [7, 11) is 0. The predicted octanol–water partition coefficient (Wildman–Crippen LogP) is 1.39. The van der Waals surface area contributed by atoms with E-state index in [1.807, 2.05) is 5.32 Å². The second-order valence-electron chi connectivity index (χ2n) is 4.87. The van der Waals surface area contributed by atoms with Crippen LogP contribution in [0.1, 0.15) is 21.7 Å². The Balaban J connectivity index is 1.93. The molecule has 0 unspecified atom stereocenters. The van der Waals surface area contributed by atoms with Gasteiger partial charge >= 0.3 is 6.18 Å². The molecule has 0 fully saturated rings. The molecule has 0 saturated heterocycles. The van der Waals surface area contributed by atoms with E-state index in [0.29, 0.717) is 5.65 Å². The number of aromatic nitrogens is 5. The van der Waals surface area contributed by atoms with Gasteiger partial charge in [-0.05, 0) is 18.6 Å². The first-order chi connectivity index (χ1) is 11.3. The highest BCUT2D eigenvalue weighted by atomic mass is 19.4. The average molecular weight is 338 g/mol. The molecule has 24 heavy (non-hydrogen) atoms. The van der Waals surface area contributed by atoms with Gasteiger partial charge in [0.15, 0.2) is 0 Å². The van der Waals surface area contributed by atoms with Gasteiger partial charge in [0.25, 0.3) is 11.5 Å². The number of pyridine rings is 1. The van der Waals surface area contributed by atoms with Crippen molar-refractivity contribution in [3.8, 4) is 0 Å². The molecule has 2 N–H and O–H groups in total. The summed E-state index contributed by atoms with van der Waals surface area (Å²) in [6.07, 6.45) is -2.19. The van der Waals surface area contributed by atoms with Crippen molar-refractivity contribution in [2.45, 2.75) is 13.1 Å². The zero-order valence-corrected chi connectivity index (χ0v) is 12.0. The number of carbonyl (C=O) groups excluding carboxylic acids is 1. The summed E-state index contributed by atoms with van der Waals surface area (Å²) in [6, 6.07) is 3.34. The molecule has 1 amide bonds. The Hall–Kier alpha value is -3.24. The highest BCUT2D eigenvalue weighted by Crippen LogP contribution is 2.26. The summed E-state index contributed by atoms with van der Waals surface area (Å²) < 4.78 is 38.5. The first-order valence-electron chi connectivity index (χ1n) is 6.54. The number of fused-ring (bicyclic) bond motifs is 1. The molecule has 3 aromatic heterocycles. The van der Waals surface area contributed by atoms with Crippen molar-refractivity contribution in [3.63, 3.8) is 0 Å². The van der Waals surface area contributed by atoms with Crippen LogP contribution in [0.25, 0.3) is 5.65 Å². The third-order valence-corrected chi connectivity index (χ3v) is 3.07. The molecule has 0 saturated carbocycles. The lowest BCUT2D eigenvalue weighted by atomic mass is 10.3. The number of aromatic amines is 1. The van der Waals surface area contributed by atoms with Gasteiger partial charge in [0.2, 0.25) is 11.8 Å². The highest BCUT2D eigenvalue weighted by Gasteiger charge is 2.35. The zero-order valence-electron chi connectivity index (χ0n) is 12.0. The van der Waals surface area contributed by atoms with E-state index in [2.05, 4.69) is 15.1 Å². The van der Waals surface area contributed by atoms with E-state index in [9.17, 15) is 22.8 Å². The molecule has 0 spiro atoms. The molecule has 8 nitrogen and oxygen atoms in total. The Morgan fingerprint density at radius 2 is 2.08 bits per heavy atom. The highest BCUT2D eigenvalue weighted by molar-refractivity contribution is 6.02. The number of nitrogens with zero attached hydrogens (tertiary/aromatic N) is 4. The number of hydrogen-bond acceptors (Lipinski definition) is 5. The second kappa shape index (κ2) is 5.44. The van der Waals surface area contributed by atoms with E-state index < -0.39 is 29.4 Å². The van der Waals surface area contributed by atoms with Crippen LogP contribution in [0.2, 0.25) is 0 Å². The van der Waals surface area contributed by atoms with Crippen molar-refractivity contribution in [2.75, 3.05) is 5.32 Å². The number of carbonyl (C=O) groups is 1. The lowest BCUT2D eigenvalue weighted by Crippen LogP contribution is -2.27. The first-order valence-corrected chi connectivity index (χ1v) is 6.54. The minimum atomic E-state index is -4.72. The monoisotopic (exact) mass is 338 g/mol. The topological polar surface area (TPSA) is 105 Å². The SMILES string of the molecule is Cc1ccc2ncc(C(=O)Nc3n[nH]c(C(F)(F)F)n3)c(=O)n2c1. The summed E-state index contributed by atoms with van der Waals surface area (Å²) in [6.45, 7) is 1.75. The standard InChI is InChI=1S/C13H9F3N6O2/c1-6-2-3-8-17-4-7(10(24)22(8)5-6)9(23)18-12-19-11(20-21-12)13(14,15)16/h2-5H,1H3,(H2,18,19,20,21,23).